The minimum absolute atomic E-state index is 0.370. The van der Waals surface area contributed by atoms with Gasteiger partial charge in [-0.3, -0.25) is 9.99 Å². The Morgan fingerprint density at radius 3 is 2.71 bits per heavy atom. The Hall–Kier alpha value is -3.12. The summed E-state index contributed by atoms with van der Waals surface area (Å²) in [5.41, 5.74) is 4.53. The molecule has 1 aliphatic rings. The van der Waals surface area contributed by atoms with Crippen molar-refractivity contribution in [3.63, 3.8) is 0 Å². The number of rotatable bonds is 8. The molecule has 0 radical (unpaired) electrons. The summed E-state index contributed by atoms with van der Waals surface area (Å²) in [5.74, 6) is 1.18. The Morgan fingerprint density at radius 2 is 2.00 bits per heavy atom. The van der Waals surface area contributed by atoms with Crippen LogP contribution in [0.4, 0.5) is 5.82 Å². The molecule has 2 aromatic heterocycles. The minimum Gasteiger partial charge on any atom is -0.494 e. The molecule has 1 aromatic carbocycles. The van der Waals surface area contributed by atoms with Crippen LogP contribution in [0.1, 0.15) is 25.1 Å². The van der Waals surface area contributed by atoms with Crippen LogP contribution in [0, 0.1) is 0 Å². The van der Waals surface area contributed by atoms with Crippen LogP contribution in [-0.2, 0) is 4.74 Å². The average molecular weight is 428 g/mol. The second-order valence-corrected chi connectivity index (χ2v) is 7.06. The number of hydrazone groups is 1. The van der Waals surface area contributed by atoms with Gasteiger partial charge in [-0.15, -0.1) is 0 Å². The Kier molecular flexibility index (Phi) is 6.37. The summed E-state index contributed by atoms with van der Waals surface area (Å²) in [6.07, 6.45) is 1.09. The zero-order valence-corrected chi connectivity index (χ0v) is 16.9. The molecule has 31 heavy (non-hydrogen) atoms. The summed E-state index contributed by atoms with van der Waals surface area (Å²) < 4.78 is 12.6. The number of fused-ring (bicyclic) bond motifs is 1. The summed E-state index contributed by atoms with van der Waals surface area (Å²) in [7, 11) is 0. The first-order chi connectivity index (χ1) is 15.1. The van der Waals surface area contributed by atoms with Gasteiger partial charge in [0.2, 0.25) is 0 Å². The Labute approximate surface area is 178 Å². The van der Waals surface area contributed by atoms with E-state index in [0.717, 1.165) is 17.7 Å². The number of hydrogen-bond acceptors (Lipinski definition) is 10. The number of nitrogens with zero attached hydrogens (tertiary/aromatic N) is 5. The lowest BCUT2D eigenvalue weighted by molar-refractivity contribution is -0.0511. The second kappa shape index (κ2) is 9.35. The molecule has 0 saturated carbocycles. The number of aromatic nitrogens is 4. The second-order valence-electron chi connectivity index (χ2n) is 7.06. The van der Waals surface area contributed by atoms with Gasteiger partial charge in [0.15, 0.2) is 23.2 Å². The van der Waals surface area contributed by atoms with Gasteiger partial charge in [0, 0.05) is 0 Å². The van der Waals surface area contributed by atoms with Crippen LogP contribution in [0.15, 0.2) is 42.0 Å². The molecule has 11 heteroatoms. The minimum atomic E-state index is -1.23. The molecule has 0 aliphatic carbocycles. The highest BCUT2D eigenvalue weighted by Crippen LogP contribution is 2.32. The number of hydrogen-bond donors (Lipinski definition) is 4. The van der Waals surface area contributed by atoms with E-state index in [1.165, 1.54) is 17.2 Å². The maximum atomic E-state index is 10.3. The molecular weight excluding hydrogens is 404 g/mol. The van der Waals surface area contributed by atoms with Crippen molar-refractivity contribution in [1.29, 1.82) is 0 Å². The number of imidazole rings is 1. The normalized spacial score (nSPS) is 23.6. The van der Waals surface area contributed by atoms with E-state index >= 15 is 0 Å². The van der Waals surface area contributed by atoms with Crippen molar-refractivity contribution >= 4 is 23.2 Å². The average Bonchev–Trinajstić information content (AvgIpc) is 3.34. The topological polar surface area (TPSA) is 147 Å². The predicted octanol–water partition coefficient (Wildman–Crippen LogP) is 0.673. The van der Waals surface area contributed by atoms with Crippen LogP contribution in [-0.4, -0.2) is 72.6 Å². The molecule has 3 heterocycles. The van der Waals surface area contributed by atoms with E-state index in [1.54, 1.807) is 6.21 Å². The van der Waals surface area contributed by atoms with E-state index in [0.29, 0.717) is 23.6 Å². The van der Waals surface area contributed by atoms with E-state index in [2.05, 4.69) is 32.4 Å². The van der Waals surface area contributed by atoms with Gasteiger partial charge in [-0.1, -0.05) is 6.92 Å². The molecule has 4 rings (SSSR count). The van der Waals surface area contributed by atoms with E-state index in [9.17, 15) is 15.3 Å². The van der Waals surface area contributed by atoms with E-state index in [4.69, 9.17) is 9.47 Å². The van der Waals surface area contributed by atoms with E-state index in [-0.39, 0.29) is 0 Å². The van der Waals surface area contributed by atoms with Gasteiger partial charge in [-0.2, -0.15) is 5.10 Å². The largest absolute Gasteiger partial charge is 0.494 e. The molecule has 0 spiro atoms. The monoisotopic (exact) mass is 428 g/mol. The maximum Gasteiger partial charge on any atom is 0.177 e. The molecule has 1 saturated heterocycles. The first-order valence-corrected chi connectivity index (χ1v) is 9.94. The Balaban J connectivity index is 1.49. The third kappa shape index (κ3) is 4.35. The van der Waals surface area contributed by atoms with Crippen molar-refractivity contribution in [3.8, 4) is 5.75 Å². The Morgan fingerprint density at radius 1 is 1.19 bits per heavy atom. The fourth-order valence-corrected chi connectivity index (χ4v) is 3.27. The summed E-state index contributed by atoms with van der Waals surface area (Å²) in [5, 5.41) is 33.8. The van der Waals surface area contributed by atoms with Crippen LogP contribution in [0.2, 0.25) is 0 Å². The zero-order chi connectivity index (χ0) is 21.8. The quantitative estimate of drug-likeness (QED) is 0.300. The van der Waals surface area contributed by atoms with Crippen molar-refractivity contribution in [2.24, 2.45) is 5.10 Å². The molecular formula is C20H24N6O5. The number of benzene rings is 1. The number of aliphatic hydroxyl groups excluding tert-OH is 3. The molecule has 4 N–H and O–H groups in total. The molecule has 0 bridgehead atoms. The smallest absolute Gasteiger partial charge is 0.177 e. The van der Waals surface area contributed by atoms with Crippen LogP contribution in [0.5, 0.6) is 5.75 Å². The highest BCUT2D eigenvalue weighted by Gasteiger charge is 2.44. The SMILES string of the molecule is CCCOc1ccc(/C=N/Nc2ncnc3c2ncn3[C@@H]2O[C@H](CO)C(O)[C@@H]2O)cc1. The molecule has 1 aliphatic heterocycles. The zero-order valence-electron chi connectivity index (χ0n) is 16.9. The highest BCUT2D eigenvalue weighted by molar-refractivity contribution is 5.84. The third-order valence-electron chi connectivity index (χ3n) is 4.89. The molecule has 3 aromatic rings. The number of nitrogens with one attached hydrogen (secondary N) is 1. The first kappa shape index (κ1) is 21.1. The van der Waals surface area contributed by atoms with Crippen LogP contribution >= 0.6 is 0 Å². The molecule has 11 nitrogen and oxygen atoms in total. The molecule has 4 atom stereocenters. The number of ether oxygens (including phenoxy) is 2. The summed E-state index contributed by atoms with van der Waals surface area (Å²) in [6, 6.07) is 7.54. The van der Waals surface area contributed by atoms with Crippen molar-refractivity contribution in [1.82, 2.24) is 19.5 Å². The van der Waals surface area contributed by atoms with Gasteiger partial charge in [0.05, 0.1) is 25.8 Å². The van der Waals surface area contributed by atoms with Gasteiger partial charge in [0.1, 0.15) is 30.4 Å². The van der Waals surface area contributed by atoms with E-state index in [1.807, 2.05) is 24.3 Å². The highest BCUT2D eigenvalue weighted by atomic mass is 16.6. The van der Waals surface area contributed by atoms with Gasteiger partial charge in [0.25, 0.3) is 0 Å². The molecule has 0 amide bonds. The first-order valence-electron chi connectivity index (χ1n) is 9.94. The van der Waals surface area contributed by atoms with Gasteiger partial charge in [-0.05, 0) is 36.2 Å². The lowest BCUT2D eigenvalue weighted by Gasteiger charge is -2.16. The number of aliphatic hydroxyl groups is 3. The summed E-state index contributed by atoms with van der Waals surface area (Å²) >= 11 is 0. The lowest BCUT2D eigenvalue weighted by Crippen LogP contribution is -2.33. The van der Waals surface area contributed by atoms with Crippen LogP contribution in [0.25, 0.3) is 11.2 Å². The van der Waals surface area contributed by atoms with Crippen molar-refractivity contribution in [2.45, 2.75) is 37.9 Å². The fraction of sp³-hybridized carbons (Fsp3) is 0.400. The Bertz CT molecular complexity index is 1040. The predicted molar refractivity (Wildman–Crippen MR) is 112 cm³/mol. The molecule has 1 fully saturated rings. The van der Waals surface area contributed by atoms with Crippen molar-refractivity contribution in [3.05, 3.63) is 42.5 Å². The van der Waals surface area contributed by atoms with Crippen molar-refractivity contribution < 1.29 is 24.8 Å². The molecule has 1 unspecified atom stereocenters. The van der Waals surface area contributed by atoms with Gasteiger partial charge >= 0.3 is 0 Å². The third-order valence-corrected chi connectivity index (χ3v) is 4.89. The van der Waals surface area contributed by atoms with Crippen molar-refractivity contribution in [2.75, 3.05) is 18.6 Å². The maximum absolute atomic E-state index is 10.3. The van der Waals surface area contributed by atoms with E-state index < -0.39 is 31.1 Å². The molecule has 164 valence electrons. The van der Waals surface area contributed by atoms with Gasteiger partial charge in [-0.25, -0.2) is 15.0 Å². The number of anilines is 1. The lowest BCUT2D eigenvalue weighted by atomic mass is 10.1. The van der Waals surface area contributed by atoms with Crippen LogP contribution in [0.3, 0.4) is 0 Å². The van der Waals surface area contributed by atoms with Crippen LogP contribution < -0.4 is 10.2 Å². The van der Waals surface area contributed by atoms with Gasteiger partial charge < -0.3 is 24.8 Å². The standard InChI is InChI=1S/C20H24N6O5/c1-2-7-30-13-5-3-12(4-6-13)8-24-25-18-15-19(22-10-21-18)26(11-23-15)20-17(29)16(28)14(9-27)31-20/h3-6,8,10-11,14,16-17,20,27-29H,2,7,9H2,1H3,(H,21,22,25)/b24-8+/t14-,16?,17+,20-/m1/s1. The fourth-order valence-electron chi connectivity index (χ4n) is 3.27. The summed E-state index contributed by atoms with van der Waals surface area (Å²) in [4.78, 5) is 12.7. The summed E-state index contributed by atoms with van der Waals surface area (Å²) in [6.45, 7) is 2.31.